The fourth-order valence-corrected chi connectivity index (χ4v) is 3.88. The third-order valence-electron chi connectivity index (χ3n) is 5.31. The average molecular weight is 469 g/mol. The van der Waals surface area contributed by atoms with Crippen LogP contribution in [0.15, 0.2) is 48.5 Å². The van der Waals surface area contributed by atoms with Gasteiger partial charge in [-0.05, 0) is 62.9 Å². The summed E-state index contributed by atoms with van der Waals surface area (Å²) in [6, 6.07) is 18.0. The van der Waals surface area contributed by atoms with Crippen molar-refractivity contribution >= 4 is 30.5 Å². The van der Waals surface area contributed by atoms with Crippen molar-refractivity contribution in [2.24, 2.45) is 5.92 Å². The molecule has 0 radical (unpaired) electrons. The molecule has 0 spiro atoms. The van der Waals surface area contributed by atoms with E-state index in [4.69, 9.17) is 4.74 Å². The Labute approximate surface area is 200 Å². The Bertz CT molecular complexity index is 756. The Balaban J connectivity index is 0.00000240. The van der Waals surface area contributed by atoms with Crippen molar-refractivity contribution in [2.75, 3.05) is 18.4 Å². The normalized spacial score (nSPS) is 18.3. The van der Waals surface area contributed by atoms with Gasteiger partial charge in [-0.2, -0.15) is 0 Å². The monoisotopic (exact) mass is 467 g/mol. The summed E-state index contributed by atoms with van der Waals surface area (Å²) in [5, 5.41) is 11.1. The Morgan fingerprint density at radius 3 is 2.45 bits per heavy atom. The number of rotatable bonds is 9. The van der Waals surface area contributed by atoms with Crippen molar-refractivity contribution in [1.29, 1.82) is 0 Å². The molecule has 0 aromatic heterocycles. The maximum Gasteiger partial charge on any atom is 0.124 e. The van der Waals surface area contributed by atoms with Gasteiger partial charge in [0.2, 0.25) is 0 Å². The van der Waals surface area contributed by atoms with Gasteiger partial charge >= 0.3 is 0 Å². The molecule has 2 aromatic rings. The van der Waals surface area contributed by atoms with E-state index in [1.807, 2.05) is 0 Å². The summed E-state index contributed by atoms with van der Waals surface area (Å²) in [6.07, 6.45) is 2.54. The lowest BCUT2D eigenvalue weighted by Crippen LogP contribution is -2.45. The van der Waals surface area contributed by atoms with E-state index in [-0.39, 0.29) is 30.9 Å². The molecule has 3 rings (SSSR count). The highest BCUT2D eigenvalue weighted by atomic mass is 35.5. The summed E-state index contributed by atoms with van der Waals surface area (Å²) in [5.74, 6) is 1.59. The third-order valence-corrected chi connectivity index (χ3v) is 5.31. The minimum absolute atomic E-state index is 0. The lowest BCUT2D eigenvalue weighted by molar-refractivity contribution is 0.238. The van der Waals surface area contributed by atoms with Crippen LogP contribution in [-0.4, -0.2) is 25.2 Å². The number of benzene rings is 2. The molecule has 2 aromatic carbocycles. The Morgan fingerprint density at radius 1 is 1.03 bits per heavy atom. The van der Waals surface area contributed by atoms with Gasteiger partial charge < -0.3 is 20.7 Å². The van der Waals surface area contributed by atoms with Crippen LogP contribution in [0.3, 0.4) is 0 Å². The molecule has 6 heteroatoms. The predicted molar refractivity (Wildman–Crippen MR) is 137 cm³/mol. The molecule has 174 valence electrons. The standard InChI is InChI=1S/C25H37N3O.2ClH/c1-18(2)16-27-22-12-13-24(29-19(3)4)21(15-22)17-28-23-11-8-14-26-25(23)20-9-6-5-7-10-20;;/h5-7,9-10,12-13,15,18-19,23,25-28H,8,11,14,16-17H2,1-4H3;2*1H/t23-,25-;;/m0../s1. The predicted octanol–water partition coefficient (Wildman–Crippen LogP) is 5.97. The SMILES string of the molecule is CC(C)CNc1ccc(OC(C)C)c(CN[C@H]2CCCN[C@H]2c2ccccc2)c1.Cl.Cl. The molecule has 0 unspecified atom stereocenters. The molecule has 1 saturated heterocycles. The highest BCUT2D eigenvalue weighted by Crippen LogP contribution is 2.27. The fourth-order valence-electron chi connectivity index (χ4n) is 3.88. The lowest BCUT2D eigenvalue weighted by Gasteiger charge is -2.34. The minimum atomic E-state index is 0. The van der Waals surface area contributed by atoms with E-state index in [0.717, 1.165) is 31.1 Å². The number of piperidine rings is 1. The summed E-state index contributed by atoms with van der Waals surface area (Å²) in [5.41, 5.74) is 3.73. The maximum atomic E-state index is 6.09. The van der Waals surface area contributed by atoms with Gasteiger partial charge in [-0.25, -0.2) is 0 Å². The van der Waals surface area contributed by atoms with Crippen LogP contribution in [-0.2, 0) is 6.54 Å². The number of nitrogens with one attached hydrogen (secondary N) is 3. The van der Waals surface area contributed by atoms with Crippen LogP contribution >= 0.6 is 24.8 Å². The minimum Gasteiger partial charge on any atom is -0.491 e. The van der Waals surface area contributed by atoms with Crippen LogP contribution in [0.4, 0.5) is 5.69 Å². The number of halogens is 2. The quantitative estimate of drug-likeness (QED) is 0.425. The molecule has 1 aliphatic rings. The van der Waals surface area contributed by atoms with Crippen LogP contribution in [0.1, 0.15) is 57.7 Å². The zero-order valence-corrected chi connectivity index (χ0v) is 20.8. The van der Waals surface area contributed by atoms with Crippen LogP contribution in [0.25, 0.3) is 0 Å². The Morgan fingerprint density at radius 2 is 1.77 bits per heavy atom. The van der Waals surface area contributed by atoms with Crippen LogP contribution in [0.5, 0.6) is 5.75 Å². The smallest absolute Gasteiger partial charge is 0.124 e. The van der Waals surface area contributed by atoms with Crippen LogP contribution in [0, 0.1) is 5.92 Å². The number of hydrogen-bond acceptors (Lipinski definition) is 4. The van der Waals surface area contributed by atoms with E-state index in [9.17, 15) is 0 Å². The number of hydrogen-bond donors (Lipinski definition) is 3. The first kappa shape index (κ1) is 27.6. The van der Waals surface area contributed by atoms with Gasteiger partial charge in [-0.1, -0.05) is 44.2 Å². The Kier molecular flexibility index (Phi) is 12.3. The van der Waals surface area contributed by atoms with E-state index in [1.165, 1.54) is 24.0 Å². The maximum absolute atomic E-state index is 6.09. The van der Waals surface area contributed by atoms with Crippen molar-refractivity contribution < 1.29 is 4.74 Å². The second-order valence-electron chi connectivity index (χ2n) is 8.74. The topological polar surface area (TPSA) is 45.3 Å². The first-order valence-corrected chi connectivity index (χ1v) is 11.1. The third kappa shape index (κ3) is 8.53. The van der Waals surface area contributed by atoms with Crippen molar-refractivity contribution in [3.8, 4) is 5.75 Å². The molecule has 0 bridgehead atoms. The first-order valence-electron chi connectivity index (χ1n) is 11.1. The summed E-state index contributed by atoms with van der Waals surface area (Å²) >= 11 is 0. The van der Waals surface area contributed by atoms with Gasteiger partial charge in [0.1, 0.15) is 5.75 Å². The zero-order valence-electron chi connectivity index (χ0n) is 19.2. The average Bonchev–Trinajstić information content (AvgIpc) is 2.72. The molecule has 1 heterocycles. The second-order valence-corrected chi connectivity index (χ2v) is 8.74. The van der Waals surface area contributed by atoms with Crippen LogP contribution < -0.4 is 20.7 Å². The van der Waals surface area contributed by atoms with E-state index >= 15 is 0 Å². The van der Waals surface area contributed by atoms with Gasteiger partial charge in [0, 0.05) is 36.4 Å². The highest BCUT2D eigenvalue weighted by molar-refractivity contribution is 5.85. The summed E-state index contributed by atoms with van der Waals surface area (Å²) in [7, 11) is 0. The van der Waals surface area contributed by atoms with E-state index < -0.39 is 0 Å². The van der Waals surface area contributed by atoms with Gasteiger partial charge in [0.15, 0.2) is 0 Å². The molecular formula is C25H39Cl2N3O. The summed E-state index contributed by atoms with van der Waals surface area (Å²) < 4.78 is 6.09. The van der Waals surface area contributed by atoms with Crippen molar-refractivity contribution in [3.05, 3.63) is 59.7 Å². The second kappa shape index (κ2) is 13.8. The largest absolute Gasteiger partial charge is 0.491 e. The molecule has 0 amide bonds. The van der Waals surface area contributed by atoms with Crippen LogP contribution in [0.2, 0.25) is 0 Å². The van der Waals surface area contributed by atoms with Crippen molar-refractivity contribution in [3.63, 3.8) is 0 Å². The molecule has 0 aliphatic carbocycles. The number of anilines is 1. The molecule has 1 aliphatic heterocycles. The molecule has 1 fully saturated rings. The van der Waals surface area contributed by atoms with E-state index in [2.05, 4.69) is 92.2 Å². The van der Waals surface area contributed by atoms with Crippen molar-refractivity contribution in [2.45, 2.75) is 65.3 Å². The zero-order chi connectivity index (χ0) is 20.6. The first-order chi connectivity index (χ1) is 14.0. The van der Waals surface area contributed by atoms with Gasteiger partial charge in [-0.3, -0.25) is 0 Å². The molecule has 2 atom stereocenters. The highest BCUT2D eigenvalue weighted by Gasteiger charge is 2.25. The summed E-state index contributed by atoms with van der Waals surface area (Å²) in [6.45, 7) is 11.5. The van der Waals surface area contributed by atoms with Gasteiger partial charge in [0.25, 0.3) is 0 Å². The summed E-state index contributed by atoms with van der Waals surface area (Å²) in [4.78, 5) is 0. The van der Waals surface area contributed by atoms with Crippen molar-refractivity contribution in [1.82, 2.24) is 10.6 Å². The van der Waals surface area contributed by atoms with Gasteiger partial charge in [-0.15, -0.1) is 24.8 Å². The molecule has 3 N–H and O–H groups in total. The molecular weight excluding hydrogens is 429 g/mol. The fraction of sp³-hybridized carbons (Fsp3) is 0.520. The van der Waals surface area contributed by atoms with Gasteiger partial charge in [0.05, 0.1) is 6.10 Å². The van der Waals surface area contributed by atoms with E-state index in [1.54, 1.807) is 0 Å². The lowest BCUT2D eigenvalue weighted by atomic mass is 9.92. The molecule has 4 nitrogen and oxygen atoms in total. The molecule has 31 heavy (non-hydrogen) atoms. The molecule has 0 saturated carbocycles. The van der Waals surface area contributed by atoms with E-state index in [0.29, 0.717) is 18.0 Å². The number of ether oxygens (including phenoxy) is 1. The Hall–Kier alpha value is -1.46.